The lowest BCUT2D eigenvalue weighted by Crippen LogP contribution is -2.37. The Morgan fingerprint density at radius 2 is 1.80 bits per heavy atom. The van der Waals surface area contributed by atoms with Gasteiger partial charge in [-0.2, -0.15) is 0 Å². The molecular formula is C28H29FN4OS. The molecule has 0 unspecified atom stereocenters. The highest BCUT2D eigenvalue weighted by Gasteiger charge is 2.23. The lowest BCUT2D eigenvalue weighted by molar-refractivity contribution is 0.242. The molecule has 0 bridgehead atoms. The molecule has 2 aromatic carbocycles. The number of hydrogen-bond donors (Lipinski definition) is 0. The van der Waals surface area contributed by atoms with Crippen molar-refractivity contribution >= 4 is 16.5 Å². The minimum Gasteiger partial charge on any atom is -0.354 e. The Kier molecular flexibility index (Phi) is 6.79. The van der Waals surface area contributed by atoms with Crippen LogP contribution in [0.5, 0.6) is 0 Å². The summed E-state index contributed by atoms with van der Waals surface area (Å²) in [6.07, 6.45) is 3.36. The Balaban J connectivity index is 1.47. The fourth-order valence-electron chi connectivity index (χ4n) is 4.66. The first kappa shape index (κ1) is 23.5. The molecule has 1 aliphatic rings. The van der Waals surface area contributed by atoms with Crippen LogP contribution in [-0.2, 0) is 32.5 Å². The van der Waals surface area contributed by atoms with E-state index in [9.17, 15) is 9.18 Å². The van der Waals surface area contributed by atoms with Crippen LogP contribution in [0.25, 0.3) is 0 Å². The van der Waals surface area contributed by atoms with Crippen LogP contribution in [0, 0.1) is 5.82 Å². The summed E-state index contributed by atoms with van der Waals surface area (Å²) in [5, 5.41) is 1.01. The van der Waals surface area contributed by atoms with Crippen molar-refractivity contribution in [1.29, 1.82) is 0 Å². The zero-order valence-electron chi connectivity index (χ0n) is 20.1. The minimum absolute atomic E-state index is 0.0449. The number of pyridine rings is 1. The zero-order chi connectivity index (χ0) is 24.4. The third-order valence-corrected chi connectivity index (χ3v) is 7.57. The lowest BCUT2D eigenvalue weighted by Gasteiger charge is -2.31. The van der Waals surface area contributed by atoms with Crippen LogP contribution < -0.4 is 10.5 Å². The number of fused-ring (bicyclic) bond motifs is 1. The monoisotopic (exact) mass is 488 g/mol. The van der Waals surface area contributed by atoms with Crippen molar-refractivity contribution in [3.05, 3.63) is 116 Å². The van der Waals surface area contributed by atoms with Crippen LogP contribution in [0.3, 0.4) is 0 Å². The van der Waals surface area contributed by atoms with Crippen molar-refractivity contribution in [2.75, 3.05) is 25.5 Å². The second kappa shape index (κ2) is 10.1. The lowest BCUT2D eigenvalue weighted by atomic mass is 9.98. The fraction of sp³-hybridized carbons (Fsp3) is 0.286. The van der Waals surface area contributed by atoms with E-state index in [0.717, 1.165) is 53.6 Å². The zero-order valence-corrected chi connectivity index (χ0v) is 20.9. The van der Waals surface area contributed by atoms with Gasteiger partial charge in [-0.15, -0.1) is 11.3 Å². The highest BCUT2D eigenvalue weighted by atomic mass is 32.1. The molecule has 0 fully saturated rings. The predicted molar refractivity (Wildman–Crippen MR) is 140 cm³/mol. The maximum atomic E-state index is 13.6. The molecule has 0 spiro atoms. The highest BCUT2D eigenvalue weighted by Crippen LogP contribution is 2.26. The third-order valence-electron chi connectivity index (χ3n) is 6.42. The second-order valence-corrected chi connectivity index (χ2v) is 10.4. The summed E-state index contributed by atoms with van der Waals surface area (Å²) in [6, 6.07) is 18.7. The molecule has 35 heavy (non-hydrogen) atoms. The second-order valence-electron chi connectivity index (χ2n) is 9.29. The molecule has 5 rings (SSSR count). The normalized spacial score (nSPS) is 13.6. The van der Waals surface area contributed by atoms with Crippen LogP contribution in [0.4, 0.5) is 9.52 Å². The average Bonchev–Trinajstić information content (AvgIpc) is 3.32. The summed E-state index contributed by atoms with van der Waals surface area (Å²) < 4.78 is 15.4. The smallest absolute Gasteiger partial charge is 0.254 e. The van der Waals surface area contributed by atoms with Gasteiger partial charge in [0.2, 0.25) is 0 Å². The van der Waals surface area contributed by atoms with E-state index < -0.39 is 0 Å². The van der Waals surface area contributed by atoms with E-state index in [0.29, 0.717) is 13.0 Å². The van der Waals surface area contributed by atoms with Gasteiger partial charge in [-0.05, 0) is 34.9 Å². The van der Waals surface area contributed by atoms with Crippen molar-refractivity contribution in [3.8, 4) is 0 Å². The number of halogens is 1. The molecule has 7 heteroatoms. The van der Waals surface area contributed by atoms with Crippen LogP contribution in [0.15, 0.2) is 71.7 Å². The highest BCUT2D eigenvalue weighted by molar-refractivity contribution is 7.15. The van der Waals surface area contributed by atoms with Gasteiger partial charge < -0.3 is 9.47 Å². The Bertz CT molecular complexity index is 1360. The molecule has 0 saturated heterocycles. The Labute approximate surface area is 209 Å². The van der Waals surface area contributed by atoms with Gasteiger partial charge in [-0.1, -0.05) is 42.5 Å². The van der Waals surface area contributed by atoms with Gasteiger partial charge in [-0.25, -0.2) is 9.37 Å². The van der Waals surface area contributed by atoms with E-state index in [1.807, 2.05) is 48.0 Å². The SMILES string of the molecule is CN(C)c1ncc(CN2CCc3c(cc(Cc4ccccc4)c(=O)n3Cc3ccc(F)cc3)C2)s1. The Hall–Kier alpha value is -3.29. The topological polar surface area (TPSA) is 41.4 Å². The standard InChI is InChI=1S/C28H29FN4OS/c1-31(2)28-30-16-25(35-28)19-32-13-12-26-23(18-32)15-22(14-20-6-4-3-5-7-20)27(34)33(26)17-21-8-10-24(29)11-9-21/h3-11,15-16H,12-14,17-19H2,1-2H3. The Morgan fingerprint density at radius 3 is 2.51 bits per heavy atom. The molecule has 0 N–H and O–H groups in total. The average molecular weight is 489 g/mol. The van der Waals surface area contributed by atoms with Crippen molar-refractivity contribution < 1.29 is 4.39 Å². The maximum absolute atomic E-state index is 13.6. The number of nitrogens with zero attached hydrogens (tertiary/aromatic N) is 4. The largest absolute Gasteiger partial charge is 0.354 e. The molecule has 180 valence electrons. The number of anilines is 1. The molecule has 2 aromatic heterocycles. The summed E-state index contributed by atoms with van der Waals surface area (Å²) in [6.45, 7) is 2.96. The fourth-order valence-corrected chi connectivity index (χ4v) is 5.53. The van der Waals surface area contributed by atoms with Crippen LogP contribution in [-0.4, -0.2) is 35.1 Å². The van der Waals surface area contributed by atoms with Crippen molar-refractivity contribution in [2.45, 2.75) is 32.5 Å². The number of benzene rings is 2. The number of thiazole rings is 1. The van der Waals surface area contributed by atoms with Crippen molar-refractivity contribution in [1.82, 2.24) is 14.5 Å². The third kappa shape index (κ3) is 5.36. The van der Waals surface area contributed by atoms with E-state index in [-0.39, 0.29) is 11.4 Å². The van der Waals surface area contributed by atoms with Gasteiger partial charge in [-0.3, -0.25) is 9.69 Å². The maximum Gasteiger partial charge on any atom is 0.254 e. The minimum atomic E-state index is -0.267. The molecule has 1 aliphatic heterocycles. The van der Waals surface area contributed by atoms with Crippen molar-refractivity contribution in [2.24, 2.45) is 0 Å². The molecule has 0 radical (unpaired) electrons. The number of rotatable bonds is 7. The number of hydrogen-bond acceptors (Lipinski definition) is 5. The van der Waals surface area contributed by atoms with E-state index in [2.05, 4.69) is 28.1 Å². The molecule has 4 aromatic rings. The molecule has 0 saturated carbocycles. The first-order valence-electron chi connectivity index (χ1n) is 11.8. The summed E-state index contributed by atoms with van der Waals surface area (Å²) in [5.41, 5.74) is 5.17. The van der Waals surface area contributed by atoms with Crippen LogP contribution in [0.2, 0.25) is 0 Å². The van der Waals surface area contributed by atoms with Gasteiger partial charge in [0.05, 0.1) is 6.54 Å². The van der Waals surface area contributed by atoms with Gasteiger partial charge in [0, 0.05) is 68.9 Å². The summed E-state index contributed by atoms with van der Waals surface area (Å²) in [5.74, 6) is -0.267. The molecule has 0 amide bonds. The molecular weight excluding hydrogens is 459 g/mol. The van der Waals surface area contributed by atoms with E-state index in [1.165, 1.54) is 22.6 Å². The molecule has 3 heterocycles. The summed E-state index contributed by atoms with van der Waals surface area (Å²) in [4.78, 5) is 23.8. The first-order valence-corrected chi connectivity index (χ1v) is 12.6. The van der Waals surface area contributed by atoms with E-state index in [1.54, 1.807) is 23.5 Å². The number of aromatic nitrogens is 2. The Morgan fingerprint density at radius 1 is 1.03 bits per heavy atom. The first-order chi connectivity index (χ1) is 17.0. The molecule has 5 nitrogen and oxygen atoms in total. The predicted octanol–water partition coefficient (Wildman–Crippen LogP) is 4.71. The van der Waals surface area contributed by atoms with Gasteiger partial charge in [0.1, 0.15) is 5.82 Å². The van der Waals surface area contributed by atoms with Gasteiger partial charge >= 0.3 is 0 Å². The molecule has 0 atom stereocenters. The van der Waals surface area contributed by atoms with E-state index >= 15 is 0 Å². The van der Waals surface area contributed by atoms with E-state index in [4.69, 9.17) is 0 Å². The summed E-state index contributed by atoms with van der Waals surface area (Å²) >= 11 is 1.72. The summed E-state index contributed by atoms with van der Waals surface area (Å²) in [7, 11) is 4.02. The van der Waals surface area contributed by atoms with Gasteiger partial charge in [0.25, 0.3) is 5.56 Å². The van der Waals surface area contributed by atoms with Crippen LogP contribution in [0.1, 0.15) is 32.8 Å². The quantitative estimate of drug-likeness (QED) is 0.378. The van der Waals surface area contributed by atoms with Crippen molar-refractivity contribution in [3.63, 3.8) is 0 Å². The van der Waals surface area contributed by atoms with Gasteiger partial charge in [0.15, 0.2) is 5.13 Å². The van der Waals surface area contributed by atoms with Crippen LogP contribution >= 0.6 is 11.3 Å². The molecule has 0 aliphatic carbocycles.